The summed E-state index contributed by atoms with van der Waals surface area (Å²) in [7, 11) is 0. The van der Waals surface area contributed by atoms with Gasteiger partial charge in [0.05, 0.1) is 22.9 Å². The van der Waals surface area contributed by atoms with Crippen molar-refractivity contribution in [1.29, 1.82) is 0 Å². The van der Waals surface area contributed by atoms with Crippen molar-refractivity contribution in [3.05, 3.63) is 192 Å². The summed E-state index contributed by atoms with van der Waals surface area (Å²) >= 11 is 0. The Kier molecular flexibility index (Phi) is 10.3. The molecule has 5 heteroatoms. The third-order valence-electron chi connectivity index (χ3n) is 11.3. The van der Waals surface area contributed by atoms with Crippen molar-refractivity contribution in [2.45, 2.75) is 59.3 Å². The zero-order valence-corrected chi connectivity index (χ0v) is 35.0. The Morgan fingerprint density at radius 1 is 0.600 bits per heavy atom. The third kappa shape index (κ3) is 6.36. The Labute approximate surface area is 340 Å². The number of aryl methyl sites for hydroxylation is 1. The summed E-state index contributed by atoms with van der Waals surface area (Å²) < 4.78 is 2.41. The van der Waals surface area contributed by atoms with E-state index in [1.165, 1.54) is 51.0 Å². The monoisotopic (exact) mass is 895 g/mol. The van der Waals surface area contributed by atoms with Crippen LogP contribution in [-0.4, -0.2) is 9.55 Å². The Hall–Kier alpha value is -5.48. The zero-order chi connectivity index (χ0) is 37.6. The van der Waals surface area contributed by atoms with Crippen LogP contribution in [0.15, 0.2) is 163 Å². The second-order valence-electron chi connectivity index (χ2n) is 15.4. The average molecular weight is 895 g/mol. The Morgan fingerprint density at radius 2 is 1.20 bits per heavy atom. The minimum Gasteiger partial charge on any atom is -0.336 e. The van der Waals surface area contributed by atoms with Crippen LogP contribution in [0.3, 0.4) is 0 Å². The zero-order valence-electron chi connectivity index (χ0n) is 32.6. The fourth-order valence-corrected chi connectivity index (χ4v) is 8.04. The standard InChI is InChI=1S/C28H27N2.C22H19N2.Ir/c1-19-13-12-18-22-24(19)30-25(28(4,5)27(22,2)3)23(20-14-8-6-9-15-20)29-26(30)21-16-10-7-11-17-21;1-17(2)22-23(18-11-5-3-6-12-18)20-15-9-10-16-21(20)24(22)19-13-7-4-8-14-19;/h6-16,18H,1-5H3;3-13,15-16H,1-2H3;/q2*-1;. The number of aromatic nitrogens is 2. The fraction of sp³-hybridized carbons (Fsp3) is 0.180. The van der Waals surface area contributed by atoms with Crippen molar-refractivity contribution < 1.29 is 20.1 Å². The Morgan fingerprint density at radius 3 is 1.82 bits per heavy atom. The molecule has 3 heterocycles. The molecule has 277 valence electrons. The molecule has 7 aromatic rings. The van der Waals surface area contributed by atoms with Gasteiger partial charge in [-0.05, 0) is 61.7 Å². The number of allylic oxidation sites excluding steroid dienone is 1. The van der Waals surface area contributed by atoms with Crippen LogP contribution in [0.1, 0.15) is 58.4 Å². The maximum absolute atomic E-state index is 5.27. The van der Waals surface area contributed by atoms with E-state index in [4.69, 9.17) is 4.98 Å². The molecule has 2 aliphatic heterocycles. The van der Waals surface area contributed by atoms with Gasteiger partial charge in [-0.3, -0.25) is 9.88 Å². The number of imidazole rings is 1. The number of nitrogens with zero attached hydrogens (tertiary/aromatic N) is 4. The van der Waals surface area contributed by atoms with E-state index >= 15 is 0 Å². The van der Waals surface area contributed by atoms with Gasteiger partial charge < -0.3 is 9.47 Å². The molecule has 0 unspecified atom stereocenters. The maximum atomic E-state index is 5.27. The van der Waals surface area contributed by atoms with E-state index in [1.54, 1.807) is 0 Å². The molecule has 1 aromatic heterocycles. The Bertz CT molecular complexity index is 2390. The molecule has 6 aromatic carbocycles. The minimum absolute atomic E-state index is 0. The normalized spacial score (nSPS) is 14.5. The molecule has 0 fully saturated rings. The second kappa shape index (κ2) is 15.0. The molecular weight excluding hydrogens is 849 g/mol. The third-order valence-corrected chi connectivity index (χ3v) is 11.3. The topological polar surface area (TPSA) is 24.3 Å². The molecule has 1 radical (unpaired) electrons. The van der Waals surface area contributed by atoms with E-state index in [2.05, 4.69) is 202 Å². The first kappa shape index (κ1) is 37.8. The molecule has 2 aliphatic rings. The van der Waals surface area contributed by atoms with Crippen LogP contribution in [0.4, 0.5) is 22.7 Å². The van der Waals surface area contributed by atoms with Gasteiger partial charge >= 0.3 is 0 Å². The SMILES string of the molecule is CC(C)=C1N(c2[c-]cccc2)c2ccccc2N1c1ccccc1.Cc1cccc2c1-n1c(-c3[c-]cccc3)nc(-c3ccccc3)c1C(C)(C)C2(C)C.[Ir]. The molecule has 55 heavy (non-hydrogen) atoms. The first-order valence-electron chi connectivity index (χ1n) is 18.8. The molecule has 0 N–H and O–H groups in total. The summed E-state index contributed by atoms with van der Waals surface area (Å²) in [6, 6.07) is 59.4. The summed E-state index contributed by atoms with van der Waals surface area (Å²) in [4.78, 5) is 9.88. The van der Waals surface area contributed by atoms with Gasteiger partial charge in [0.25, 0.3) is 0 Å². The largest absolute Gasteiger partial charge is 0.336 e. The molecule has 0 saturated carbocycles. The van der Waals surface area contributed by atoms with Crippen LogP contribution < -0.4 is 9.80 Å². The van der Waals surface area contributed by atoms with Gasteiger partial charge in [-0.2, -0.15) is 24.3 Å². The molecule has 4 nitrogen and oxygen atoms in total. The second-order valence-corrected chi connectivity index (χ2v) is 15.4. The van der Waals surface area contributed by atoms with Gasteiger partial charge in [-0.1, -0.05) is 112 Å². The van der Waals surface area contributed by atoms with E-state index in [1.807, 2.05) is 24.3 Å². The molecule has 0 atom stereocenters. The number of anilines is 4. The summed E-state index contributed by atoms with van der Waals surface area (Å²) in [6.07, 6.45) is 0. The van der Waals surface area contributed by atoms with E-state index < -0.39 is 0 Å². The first-order chi connectivity index (χ1) is 26.1. The maximum Gasteiger partial charge on any atom is 0.119 e. The predicted molar refractivity (Wildman–Crippen MR) is 225 cm³/mol. The van der Waals surface area contributed by atoms with Crippen LogP contribution in [0, 0.1) is 19.1 Å². The van der Waals surface area contributed by atoms with E-state index in [0.29, 0.717) is 0 Å². The average Bonchev–Trinajstić information content (AvgIpc) is 3.77. The van der Waals surface area contributed by atoms with Crippen LogP contribution >= 0.6 is 0 Å². The van der Waals surface area contributed by atoms with Gasteiger partial charge in [-0.15, -0.1) is 42.0 Å². The number of hydrogen-bond acceptors (Lipinski definition) is 3. The molecule has 0 saturated heterocycles. The van der Waals surface area contributed by atoms with E-state index in [9.17, 15) is 0 Å². The summed E-state index contributed by atoms with van der Waals surface area (Å²) in [5, 5.41) is 0. The van der Waals surface area contributed by atoms with Crippen molar-refractivity contribution in [3.63, 3.8) is 0 Å². The van der Waals surface area contributed by atoms with E-state index in [-0.39, 0.29) is 30.9 Å². The molecule has 0 spiro atoms. The number of hydrogen-bond donors (Lipinski definition) is 0. The number of rotatable bonds is 4. The van der Waals surface area contributed by atoms with Gasteiger partial charge in [0, 0.05) is 53.6 Å². The van der Waals surface area contributed by atoms with Crippen LogP contribution in [0.2, 0.25) is 0 Å². The van der Waals surface area contributed by atoms with Crippen LogP contribution in [0.5, 0.6) is 0 Å². The molecule has 0 aliphatic carbocycles. The van der Waals surface area contributed by atoms with Crippen molar-refractivity contribution in [1.82, 2.24) is 9.55 Å². The van der Waals surface area contributed by atoms with Crippen molar-refractivity contribution >= 4 is 22.7 Å². The van der Waals surface area contributed by atoms with Gasteiger partial charge in [-0.25, -0.2) is 0 Å². The van der Waals surface area contributed by atoms with Crippen molar-refractivity contribution in [3.8, 4) is 28.3 Å². The summed E-state index contributed by atoms with van der Waals surface area (Å²) in [5.41, 5.74) is 14.1. The number of fused-ring (bicyclic) bond motifs is 4. The molecular formula is C50H46IrN4-2. The van der Waals surface area contributed by atoms with Crippen molar-refractivity contribution in [2.24, 2.45) is 0 Å². The quantitative estimate of drug-likeness (QED) is 0.165. The predicted octanol–water partition coefficient (Wildman–Crippen LogP) is 12.9. The van der Waals surface area contributed by atoms with Gasteiger partial charge in [0.15, 0.2) is 0 Å². The summed E-state index contributed by atoms with van der Waals surface area (Å²) in [5.74, 6) is 2.13. The van der Waals surface area contributed by atoms with Crippen LogP contribution in [-0.2, 0) is 30.9 Å². The van der Waals surface area contributed by atoms with Crippen molar-refractivity contribution in [2.75, 3.05) is 9.80 Å². The Balaban J connectivity index is 0.000000170. The fourth-order valence-electron chi connectivity index (χ4n) is 8.04. The number of para-hydroxylation sites is 5. The molecule has 0 bridgehead atoms. The minimum atomic E-state index is -0.126. The van der Waals surface area contributed by atoms with Gasteiger partial charge in [0.1, 0.15) is 5.82 Å². The first-order valence-corrected chi connectivity index (χ1v) is 18.8. The smallest absolute Gasteiger partial charge is 0.119 e. The molecule has 0 amide bonds. The van der Waals surface area contributed by atoms with Crippen LogP contribution in [0.25, 0.3) is 28.3 Å². The number of benzene rings is 6. The van der Waals surface area contributed by atoms with Gasteiger partial charge in [0.2, 0.25) is 0 Å². The molecule has 9 rings (SSSR count). The summed E-state index contributed by atoms with van der Waals surface area (Å²) in [6.45, 7) is 16.0. The van der Waals surface area contributed by atoms with E-state index in [0.717, 1.165) is 28.3 Å².